The summed E-state index contributed by atoms with van der Waals surface area (Å²) in [7, 11) is 0. The molecule has 0 heterocycles. The van der Waals surface area contributed by atoms with E-state index in [0.29, 0.717) is 0 Å². The van der Waals surface area contributed by atoms with Gasteiger partial charge >= 0.3 is 0 Å². The molecule has 0 spiro atoms. The van der Waals surface area contributed by atoms with Crippen LogP contribution in [0.15, 0.2) is 0 Å². The molecule has 0 unspecified atom stereocenters. The molecule has 0 amide bonds. The summed E-state index contributed by atoms with van der Waals surface area (Å²) in [5.74, 6) is 0. The molecule has 0 aromatic carbocycles. The molecule has 4 heteroatoms. The first kappa shape index (κ1) is 3.84. The van der Waals surface area contributed by atoms with Gasteiger partial charge in [-0.2, -0.15) is 0 Å². The van der Waals surface area contributed by atoms with Gasteiger partial charge in [0, 0.05) is 0 Å². The van der Waals surface area contributed by atoms with E-state index in [0.717, 1.165) is 0 Å². The Bertz CT molecular complexity index is 6.00. The van der Waals surface area contributed by atoms with E-state index in [1.165, 1.54) is 5.59 Å². The molecule has 0 aliphatic heterocycles. The monoisotopic (exact) mass is 64.0 g/mol. The lowest BCUT2D eigenvalue weighted by atomic mass is 12.7. The highest BCUT2D eigenvalue weighted by atomic mass is 16.6. The predicted molar refractivity (Wildman–Crippen MR) is 10.2 cm³/mol. The fourth-order valence-corrected chi connectivity index (χ4v) is 0. The molecule has 26 valence electrons. The molecule has 4 heavy (non-hydrogen) atoms. The highest BCUT2D eigenvalue weighted by molar-refractivity contribution is 3.72. The van der Waals surface area contributed by atoms with Gasteiger partial charge < -0.3 is 5.21 Å². The summed E-state index contributed by atoms with van der Waals surface area (Å²) in [6, 6.07) is 0. The fourth-order valence-electron chi connectivity index (χ4n) is 0. The zero-order chi connectivity index (χ0) is 3.41. The van der Waals surface area contributed by atoms with Crippen LogP contribution in [0.5, 0.6) is 0 Å². The molecule has 0 aromatic heterocycles. The number of hydrogen-bond acceptors (Lipinski definition) is 3. The van der Waals surface area contributed by atoms with E-state index in [2.05, 4.69) is 0 Å². The summed E-state index contributed by atoms with van der Waals surface area (Å²) in [6.07, 6.45) is 0. The number of nitrogens with one attached hydrogen (secondary N) is 1. The average molecular weight is 64.0 g/mol. The van der Waals surface area contributed by atoms with Gasteiger partial charge in [-0.05, 0) is 5.59 Å². The highest BCUT2D eigenvalue weighted by Gasteiger charge is 1.40. The Kier molecular flexibility index (Phi) is 2.73. The van der Waals surface area contributed by atoms with Gasteiger partial charge in [0.25, 0.3) is 0 Å². The van der Waals surface area contributed by atoms with Crippen LogP contribution >= 0.6 is 0 Å². The molecular formula is H4N2O2. The summed E-state index contributed by atoms with van der Waals surface area (Å²) in [5, 5.41) is 16.1. The van der Waals surface area contributed by atoms with Crippen molar-refractivity contribution in [3.8, 4) is 0 Å². The zero-order valence-electron chi connectivity index (χ0n) is 1.93. The van der Waals surface area contributed by atoms with Gasteiger partial charge in [-0.15, -0.1) is 0 Å². The minimum absolute atomic E-state index is 0.181. The molecule has 0 radical (unpaired) electrons. The third-order valence-corrected chi connectivity index (χ3v) is 0.0527. The maximum atomic E-state index is 8.81. The van der Waals surface area contributed by atoms with Gasteiger partial charge in [-0.3, -0.25) is 10.8 Å². The van der Waals surface area contributed by atoms with Gasteiger partial charge in [0.15, 0.2) is 0 Å². The largest absolute Gasteiger partial charge is 0.613 e. The van der Waals surface area contributed by atoms with Crippen LogP contribution in [-0.4, -0.2) is 5.21 Å². The molecular weight excluding hydrogens is 60.0 g/mol. The topological polar surface area (TPSA) is 71.9 Å². The minimum atomic E-state index is 0.181. The van der Waals surface area contributed by atoms with Gasteiger partial charge in [0.2, 0.25) is 0 Å². The SMILES string of the molecule is [O-][NH2+]NO. The van der Waals surface area contributed by atoms with Crippen LogP contribution in [0.3, 0.4) is 0 Å². The second-order valence-corrected chi connectivity index (χ2v) is 0.247. The summed E-state index contributed by atoms with van der Waals surface area (Å²) in [6.45, 7) is 0. The van der Waals surface area contributed by atoms with Crippen LogP contribution in [0.4, 0.5) is 0 Å². The Morgan fingerprint density at radius 1 is 2.00 bits per heavy atom. The third-order valence-electron chi connectivity index (χ3n) is 0.0527. The Hall–Kier alpha value is -0.160. The normalized spacial score (nSPS) is 7.50. The summed E-state index contributed by atoms with van der Waals surface area (Å²) in [4.78, 5) is 0. The predicted octanol–water partition coefficient (Wildman–Crippen LogP) is -2.06. The van der Waals surface area contributed by atoms with E-state index in [1.54, 1.807) is 0 Å². The molecule has 0 atom stereocenters. The fraction of sp³-hybridized carbons (Fsp3) is 0. The number of nitrogens with two attached hydrogens (primary N) is 1. The van der Waals surface area contributed by atoms with Crippen molar-refractivity contribution in [2.24, 2.45) is 0 Å². The standard InChI is InChI=1S/H4N2O2/c3-1-2-4/h1,3H,2H2. The van der Waals surface area contributed by atoms with Crippen molar-refractivity contribution in [2.75, 3.05) is 0 Å². The Morgan fingerprint density at radius 3 is 2.25 bits per heavy atom. The molecule has 0 bridgehead atoms. The lowest BCUT2D eigenvalue weighted by Gasteiger charge is -1.89. The van der Waals surface area contributed by atoms with E-state index < -0.39 is 0 Å². The van der Waals surface area contributed by atoms with Gasteiger partial charge in [-0.25, -0.2) is 0 Å². The van der Waals surface area contributed by atoms with Crippen LogP contribution < -0.4 is 11.2 Å². The van der Waals surface area contributed by atoms with Crippen molar-refractivity contribution in [1.82, 2.24) is 5.59 Å². The smallest absolute Gasteiger partial charge is 0.0458 e. The van der Waals surface area contributed by atoms with Crippen LogP contribution in [-0.2, 0) is 0 Å². The molecule has 0 rings (SSSR count). The van der Waals surface area contributed by atoms with Gasteiger partial charge in [0.05, 0.1) is 0 Å². The molecule has 0 saturated heterocycles. The number of rotatable bonds is 1. The van der Waals surface area contributed by atoms with Gasteiger partial charge in [0.1, 0.15) is 0 Å². The molecule has 4 N–H and O–H groups in total. The second-order valence-electron chi connectivity index (χ2n) is 0.247. The van der Waals surface area contributed by atoms with Gasteiger partial charge in [-0.1, -0.05) is 0 Å². The lowest BCUT2D eigenvalue weighted by molar-refractivity contribution is -0.697. The molecule has 0 saturated carbocycles. The van der Waals surface area contributed by atoms with Crippen molar-refractivity contribution in [3.63, 3.8) is 0 Å². The van der Waals surface area contributed by atoms with Crippen LogP contribution in [0.25, 0.3) is 0 Å². The third kappa shape index (κ3) is 1.84. The van der Waals surface area contributed by atoms with Crippen LogP contribution in [0.2, 0.25) is 0 Å². The summed E-state index contributed by atoms with van der Waals surface area (Å²) >= 11 is 0. The van der Waals surface area contributed by atoms with Crippen LogP contribution in [0, 0.1) is 5.21 Å². The van der Waals surface area contributed by atoms with E-state index in [-0.39, 0.29) is 5.59 Å². The van der Waals surface area contributed by atoms with E-state index in [9.17, 15) is 0 Å². The summed E-state index contributed by atoms with van der Waals surface area (Å²) in [5.41, 5.74) is 1.43. The molecule has 4 nitrogen and oxygen atoms in total. The Morgan fingerprint density at radius 2 is 2.25 bits per heavy atom. The van der Waals surface area contributed by atoms with E-state index in [1.807, 2.05) is 0 Å². The number of quaternary nitrogens is 1. The van der Waals surface area contributed by atoms with Crippen molar-refractivity contribution in [2.45, 2.75) is 0 Å². The molecule has 0 aromatic rings. The lowest BCUT2D eigenvalue weighted by Crippen LogP contribution is -2.86. The van der Waals surface area contributed by atoms with Crippen LogP contribution in [0.1, 0.15) is 0 Å². The minimum Gasteiger partial charge on any atom is -0.613 e. The van der Waals surface area contributed by atoms with Crippen molar-refractivity contribution < 1.29 is 10.8 Å². The maximum absolute atomic E-state index is 8.81. The quantitative estimate of drug-likeness (QED) is 0.242. The van der Waals surface area contributed by atoms with Crippen molar-refractivity contribution >= 4 is 0 Å². The second kappa shape index (κ2) is 2.84. The van der Waals surface area contributed by atoms with E-state index in [4.69, 9.17) is 10.4 Å². The average Bonchev–Trinajstić information content (AvgIpc) is 1.37. The first-order valence-electron chi connectivity index (χ1n) is 0.748. The first-order chi connectivity index (χ1) is 1.91. The first-order valence-corrected chi connectivity index (χ1v) is 0.748. The zero-order valence-corrected chi connectivity index (χ0v) is 1.93. The van der Waals surface area contributed by atoms with E-state index >= 15 is 0 Å². The van der Waals surface area contributed by atoms with Crippen molar-refractivity contribution in [3.05, 3.63) is 5.21 Å². The summed E-state index contributed by atoms with van der Waals surface area (Å²) < 4.78 is 0. The van der Waals surface area contributed by atoms with Crippen molar-refractivity contribution in [1.29, 1.82) is 0 Å². The Labute approximate surface area is 22.9 Å². The highest BCUT2D eigenvalue weighted by Crippen LogP contribution is 0.835. The number of hydrogen-bond donors (Lipinski definition) is 3. The molecule has 0 aliphatic rings. The molecule has 0 aliphatic carbocycles. The maximum Gasteiger partial charge on any atom is -0.0458 e. The molecule has 0 fully saturated rings. The Balaban J connectivity index is 1.97.